The van der Waals surface area contributed by atoms with Crippen LogP contribution in [0.3, 0.4) is 0 Å². The molecule has 3 heteroatoms. The second kappa shape index (κ2) is 6.72. The van der Waals surface area contributed by atoms with Crippen LogP contribution >= 0.6 is 12.2 Å². The zero-order valence-corrected chi connectivity index (χ0v) is 11.8. The summed E-state index contributed by atoms with van der Waals surface area (Å²) in [4.78, 5) is 2.93. The highest BCUT2D eigenvalue weighted by Crippen LogP contribution is 2.10. The van der Waals surface area contributed by atoms with Crippen molar-refractivity contribution in [2.45, 2.75) is 39.8 Å². The predicted molar refractivity (Wildman–Crippen MR) is 78.2 cm³/mol. The van der Waals surface area contributed by atoms with Gasteiger partial charge in [0, 0.05) is 18.2 Å². The van der Waals surface area contributed by atoms with Gasteiger partial charge in [0.15, 0.2) is 0 Å². The van der Waals surface area contributed by atoms with E-state index in [2.05, 4.69) is 37.8 Å². The third-order valence-electron chi connectivity index (χ3n) is 2.87. The second-order valence-corrected chi connectivity index (χ2v) is 5.07. The SMILES string of the molecule is CCCN(Cc1ccc(C(N)=S)cc1)C(C)C. The van der Waals surface area contributed by atoms with E-state index in [0.717, 1.165) is 18.7 Å². The summed E-state index contributed by atoms with van der Waals surface area (Å²) in [7, 11) is 0. The molecule has 0 radical (unpaired) electrons. The van der Waals surface area contributed by atoms with Gasteiger partial charge in [0.05, 0.1) is 0 Å². The van der Waals surface area contributed by atoms with Gasteiger partial charge in [-0.25, -0.2) is 0 Å². The molecule has 0 atom stereocenters. The number of nitrogens with zero attached hydrogens (tertiary/aromatic N) is 1. The van der Waals surface area contributed by atoms with E-state index in [-0.39, 0.29) is 0 Å². The van der Waals surface area contributed by atoms with Crippen molar-refractivity contribution in [1.82, 2.24) is 4.90 Å². The summed E-state index contributed by atoms with van der Waals surface area (Å²) in [5, 5.41) is 0. The van der Waals surface area contributed by atoms with Gasteiger partial charge in [-0.2, -0.15) is 0 Å². The van der Waals surface area contributed by atoms with Crippen molar-refractivity contribution in [2.75, 3.05) is 6.54 Å². The average Bonchev–Trinajstić information content (AvgIpc) is 2.29. The molecule has 0 saturated heterocycles. The molecule has 0 amide bonds. The molecule has 0 aliphatic rings. The molecule has 0 fully saturated rings. The number of hydrogen-bond donors (Lipinski definition) is 1. The van der Waals surface area contributed by atoms with Crippen LogP contribution in [0.15, 0.2) is 24.3 Å². The zero-order chi connectivity index (χ0) is 12.8. The highest BCUT2D eigenvalue weighted by Gasteiger charge is 2.08. The molecule has 0 aliphatic heterocycles. The molecule has 0 aromatic heterocycles. The van der Waals surface area contributed by atoms with Crippen molar-refractivity contribution in [1.29, 1.82) is 0 Å². The lowest BCUT2D eigenvalue weighted by atomic mass is 10.1. The van der Waals surface area contributed by atoms with Crippen LogP contribution in [0.25, 0.3) is 0 Å². The Morgan fingerprint density at radius 2 is 1.88 bits per heavy atom. The molecular formula is C14H22N2S. The molecule has 0 heterocycles. The fraction of sp³-hybridized carbons (Fsp3) is 0.500. The normalized spacial score (nSPS) is 11.1. The molecule has 0 spiro atoms. The van der Waals surface area contributed by atoms with Gasteiger partial charge in [0.2, 0.25) is 0 Å². The third-order valence-corrected chi connectivity index (χ3v) is 3.10. The highest BCUT2D eigenvalue weighted by molar-refractivity contribution is 7.80. The van der Waals surface area contributed by atoms with Crippen LogP contribution in [-0.2, 0) is 6.54 Å². The van der Waals surface area contributed by atoms with Gasteiger partial charge in [0.1, 0.15) is 4.99 Å². The maximum Gasteiger partial charge on any atom is 0.103 e. The van der Waals surface area contributed by atoms with Crippen LogP contribution in [0.4, 0.5) is 0 Å². The van der Waals surface area contributed by atoms with Crippen LogP contribution < -0.4 is 5.73 Å². The van der Waals surface area contributed by atoms with Crippen molar-refractivity contribution in [3.05, 3.63) is 35.4 Å². The maximum absolute atomic E-state index is 5.58. The lowest BCUT2D eigenvalue weighted by molar-refractivity contribution is 0.213. The monoisotopic (exact) mass is 250 g/mol. The van der Waals surface area contributed by atoms with Crippen LogP contribution in [0.1, 0.15) is 38.3 Å². The molecule has 1 rings (SSSR count). The Balaban J connectivity index is 2.69. The van der Waals surface area contributed by atoms with E-state index in [1.54, 1.807) is 0 Å². The molecular weight excluding hydrogens is 228 g/mol. The molecule has 1 aromatic carbocycles. The van der Waals surface area contributed by atoms with Crippen molar-refractivity contribution < 1.29 is 0 Å². The van der Waals surface area contributed by atoms with E-state index in [1.165, 1.54) is 12.0 Å². The Labute approximate surface area is 110 Å². The van der Waals surface area contributed by atoms with Crippen LogP contribution in [0.2, 0.25) is 0 Å². The number of nitrogens with two attached hydrogens (primary N) is 1. The fourth-order valence-electron chi connectivity index (χ4n) is 1.82. The molecule has 2 N–H and O–H groups in total. The second-order valence-electron chi connectivity index (χ2n) is 4.63. The van der Waals surface area contributed by atoms with E-state index in [0.29, 0.717) is 11.0 Å². The minimum Gasteiger partial charge on any atom is -0.389 e. The Morgan fingerprint density at radius 3 is 2.29 bits per heavy atom. The smallest absolute Gasteiger partial charge is 0.103 e. The summed E-state index contributed by atoms with van der Waals surface area (Å²) in [6.45, 7) is 8.81. The quantitative estimate of drug-likeness (QED) is 0.787. The van der Waals surface area contributed by atoms with Crippen LogP contribution in [0.5, 0.6) is 0 Å². The van der Waals surface area contributed by atoms with Gasteiger partial charge in [0.25, 0.3) is 0 Å². The molecule has 2 nitrogen and oxygen atoms in total. The Kier molecular flexibility index (Phi) is 5.59. The first-order valence-corrected chi connectivity index (χ1v) is 6.58. The van der Waals surface area contributed by atoms with E-state index in [4.69, 9.17) is 18.0 Å². The summed E-state index contributed by atoms with van der Waals surface area (Å²) in [5.74, 6) is 0. The summed E-state index contributed by atoms with van der Waals surface area (Å²) in [6, 6.07) is 8.80. The molecule has 17 heavy (non-hydrogen) atoms. The number of hydrogen-bond acceptors (Lipinski definition) is 2. The summed E-state index contributed by atoms with van der Waals surface area (Å²) in [6.07, 6.45) is 1.18. The van der Waals surface area contributed by atoms with Gasteiger partial charge in [-0.1, -0.05) is 43.4 Å². The van der Waals surface area contributed by atoms with Crippen LogP contribution in [0, 0.1) is 0 Å². The minimum absolute atomic E-state index is 0.464. The first-order chi connectivity index (χ1) is 8.04. The first-order valence-electron chi connectivity index (χ1n) is 6.17. The van der Waals surface area contributed by atoms with Crippen molar-refractivity contribution in [3.8, 4) is 0 Å². The summed E-state index contributed by atoms with van der Waals surface area (Å²) < 4.78 is 0. The summed E-state index contributed by atoms with van der Waals surface area (Å²) in [5.41, 5.74) is 7.83. The topological polar surface area (TPSA) is 29.3 Å². The summed E-state index contributed by atoms with van der Waals surface area (Å²) >= 11 is 4.94. The Morgan fingerprint density at radius 1 is 1.29 bits per heavy atom. The molecule has 94 valence electrons. The van der Waals surface area contributed by atoms with Crippen molar-refractivity contribution >= 4 is 17.2 Å². The molecule has 0 unspecified atom stereocenters. The molecule has 1 aromatic rings. The van der Waals surface area contributed by atoms with Gasteiger partial charge < -0.3 is 5.73 Å². The largest absolute Gasteiger partial charge is 0.389 e. The van der Waals surface area contributed by atoms with Crippen molar-refractivity contribution in [2.24, 2.45) is 5.73 Å². The predicted octanol–water partition coefficient (Wildman–Crippen LogP) is 2.94. The van der Waals surface area contributed by atoms with Crippen molar-refractivity contribution in [3.63, 3.8) is 0 Å². The molecule has 0 bridgehead atoms. The van der Waals surface area contributed by atoms with Crippen LogP contribution in [-0.4, -0.2) is 22.5 Å². The lowest BCUT2D eigenvalue weighted by Crippen LogP contribution is -2.31. The van der Waals surface area contributed by atoms with Gasteiger partial charge in [-0.05, 0) is 32.4 Å². The Hall–Kier alpha value is -0.930. The van der Waals surface area contributed by atoms with E-state index < -0.39 is 0 Å². The zero-order valence-electron chi connectivity index (χ0n) is 10.9. The van der Waals surface area contributed by atoms with E-state index >= 15 is 0 Å². The Bertz CT molecular complexity index is 357. The number of rotatable bonds is 6. The van der Waals surface area contributed by atoms with Gasteiger partial charge in [-0.3, -0.25) is 4.90 Å². The highest BCUT2D eigenvalue weighted by atomic mass is 32.1. The van der Waals surface area contributed by atoms with E-state index in [9.17, 15) is 0 Å². The average molecular weight is 250 g/mol. The minimum atomic E-state index is 0.464. The lowest BCUT2D eigenvalue weighted by Gasteiger charge is -2.26. The molecule has 0 saturated carbocycles. The number of thiocarbonyl (C=S) groups is 1. The van der Waals surface area contributed by atoms with Gasteiger partial charge in [-0.15, -0.1) is 0 Å². The number of benzene rings is 1. The first kappa shape index (κ1) is 14.1. The molecule has 0 aliphatic carbocycles. The fourth-order valence-corrected chi connectivity index (χ4v) is 1.95. The standard InChI is InChI=1S/C14H22N2S/c1-4-9-16(11(2)3)10-12-5-7-13(8-6-12)14(15)17/h5-8,11H,4,9-10H2,1-3H3,(H2,15,17). The maximum atomic E-state index is 5.58. The third kappa shape index (κ3) is 4.44. The van der Waals surface area contributed by atoms with E-state index in [1.807, 2.05) is 12.1 Å². The van der Waals surface area contributed by atoms with Gasteiger partial charge >= 0.3 is 0 Å².